The Labute approximate surface area is 119 Å². The van der Waals surface area contributed by atoms with E-state index in [4.69, 9.17) is 5.73 Å². The molecule has 0 spiro atoms. The molecule has 0 fully saturated rings. The van der Waals surface area contributed by atoms with Crippen LogP contribution in [0.1, 0.15) is 12.0 Å². The fourth-order valence-electron chi connectivity index (χ4n) is 1.84. The molecule has 0 aromatic heterocycles. The molecule has 0 aliphatic rings. The van der Waals surface area contributed by atoms with E-state index < -0.39 is 23.4 Å². The molecular formula is C15H13F3N2O. The molecule has 2 rings (SSSR count). The molecule has 0 unspecified atom stereocenters. The van der Waals surface area contributed by atoms with Gasteiger partial charge in [-0.15, -0.1) is 0 Å². The van der Waals surface area contributed by atoms with Crippen LogP contribution < -0.4 is 11.1 Å². The molecule has 1 amide bonds. The summed E-state index contributed by atoms with van der Waals surface area (Å²) in [6, 6.07) is 8.02. The lowest BCUT2D eigenvalue weighted by Crippen LogP contribution is -2.14. The first-order valence-electron chi connectivity index (χ1n) is 6.24. The summed E-state index contributed by atoms with van der Waals surface area (Å²) in [5.74, 6) is -4.04. The molecule has 6 heteroatoms. The van der Waals surface area contributed by atoms with E-state index in [1.807, 2.05) is 6.07 Å². The Morgan fingerprint density at radius 1 is 1.05 bits per heavy atom. The second kappa shape index (κ2) is 6.30. The van der Waals surface area contributed by atoms with Crippen molar-refractivity contribution in [1.82, 2.24) is 0 Å². The second-order valence-electron chi connectivity index (χ2n) is 4.54. The maximum absolute atomic E-state index is 13.4. The van der Waals surface area contributed by atoms with Crippen LogP contribution in [-0.2, 0) is 11.2 Å². The van der Waals surface area contributed by atoms with Crippen molar-refractivity contribution in [1.29, 1.82) is 0 Å². The van der Waals surface area contributed by atoms with Gasteiger partial charge in [-0.25, -0.2) is 13.2 Å². The Morgan fingerprint density at radius 3 is 2.48 bits per heavy atom. The first kappa shape index (κ1) is 14.9. The third kappa shape index (κ3) is 3.98. The summed E-state index contributed by atoms with van der Waals surface area (Å²) in [4.78, 5) is 11.7. The number of carbonyl (C=O) groups is 1. The number of nitrogens with one attached hydrogen (secondary N) is 1. The molecule has 0 heterocycles. The number of hydrogen-bond donors (Lipinski definition) is 2. The van der Waals surface area contributed by atoms with Crippen LogP contribution >= 0.6 is 0 Å². The van der Waals surface area contributed by atoms with Gasteiger partial charge >= 0.3 is 0 Å². The van der Waals surface area contributed by atoms with Gasteiger partial charge in [0.05, 0.1) is 5.69 Å². The summed E-state index contributed by atoms with van der Waals surface area (Å²) in [6.45, 7) is 0. The number of nitrogens with two attached hydrogens (primary N) is 1. The fraction of sp³-hybridized carbons (Fsp3) is 0.133. The maximum Gasteiger partial charge on any atom is 0.224 e. The highest BCUT2D eigenvalue weighted by Gasteiger charge is 2.12. The normalized spacial score (nSPS) is 10.4. The van der Waals surface area contributed by atoms with Crippen molar-refractivity contribution in [3.63, 3.8) is 0 Å². The number of aryl methyl sites for hydroxylation is 1. The Hall–Kier alpha value is -2.50. The summed E-state index contributed by atoms with van der Waals surface area (Å²) in [5.41, 5.74) is 6.67. The number of anilines is 2. The highest BCUT2D eigenvalue weighted by Crippen LogP contribution is 2.19. The Balaban J connectivity index is 1.97. The third-order valence-corrected chi connectivity index (χ3v) is 2.88. The third-order valence-electron chi connectivity index (χ3n) is 2.88. The lowest BCUT2D eigenvalue weighted by molar-refractivity contribution is -0.116. The Bertz CT molecular complexity index is 674. The monoisotopic (exact) mass is 294 g/mol. The summed E-state index contributed by atoms with van der Waals surface area (Å²) in [7, 11) is 0. The van der Waals surface area contributed by atoms with E-state index >= 15 is 0 Å². The van der Waals surface area contributed by atoms with E-state index in [1.54, 1.807) is 18.2 Å². The Morgan fingerprint density at radius 2 is 1.76 bits per heavy atom. The fourth-order valence-corrected chi connectivity index (χ4v) is 1.84. The molecule has 3 nitrogen and oxygen atoms in total. The van der Waals surface area contributed by atoms with Crippen molar-refractivity contribution in [2.24, 2.45) is 0 Å². The predicted octanol–water partition coefficient (Wildman–Crippen LogP) is 3.26. The number of rotatable bonds is 4. The summed E-state index contributed by atoms with van der Waals surface area (Å²) < 4.78 is 39.1. The molecule has 0 saturated carbocycles. The minimum absolute atomic E-state index is 0.0713. The highest BCUT2D eigenvalue weighted by molar-refractivity contribution is 5.90. The molecule has 2 aromatic carbocycles. The molecule has 0 radical (unpaired) electrons. The number of hydrogen-bond acceptors (Lipinski definition) is 2. The molecular weight excluding hydrogens is 281 g/mol. The van der Waals surface area contributed by atoms with Gasteiger partial charge in [-0.3, -0.25) is 4.79 Å². The number of halogens is 3. The minimum atomic E-state index is -1.30. The lowest BCUT2D eigenvalue weighted by atomic mass is 10.1. The maximum atomic E-state index is 13.4. The van der Waals surface area contributed by atoms with Crippen LogP contribution in [0.4, 0.5) is 24.5 Å². The molecule has 2 aromatic rings. The second-order valence-corrected chi connectivity index (χ2v) is 4.54. The van der Waals surface area contributed by atoms with Crippen LogP contribution in [0.3, 0.4) is 0 Å². The van der Waals surface area contributed by atoms with E-state index in [0.29, 0.717) is 24.2 Å². The van der Waals surface area contributed by atoms with E-state index in [0.717, 1.165) is 5.56 Å². The summed E-state index contributed by atoms with van der Waals surface area (Å²) in [6.07, 6.45) is 0.476. The molecule has 0 aliphatic carbocycles. The van der Waals surface area contributed by atoms with E-state index in [1.165, 1.54) is 0 Å². The van der Waals surface area contributed by atoms with Gasteiger partial charge < -0.3 is 11.1 Å². The van der Waals surface area contributed by atoms with Crippen LogP contribution in [0.15, 0.2) is 36.4 Å². The summed E-state index contributed by atoms with van der Waals surface area (Å²) >= 11 is 0. The number of carbonyl (C=O) groups excluding carboxylic acids is 1. The van der Waals surface area contributed by atoms with Gasteiger partial charge in [-0.2, -0.15) is 0 Å². The SMILES string of the molecule is Nc1cccc(CCC(=O)Nc2cc(F)c(F)cc2F)c1. The largest absolute Gasteiger partial charge is 0.399 e. The van der Waals surface area contributed by atoms with Gasteiger partial charge in [0, 0.05) is 24.2 Å². The van der Waals surface area contributed by atoms with Gasteiger partial charge in [0.25, 0.3) is 0 Å². The highest BCUT2D eigenvalue weighted by atomic mass is 19.2. The van der Waals surface area contributed by atoms with Crippen molar-refractivity contribution < 1.29 is 18.0 Å². The van der Waals surface area contributed by atoms with Gasteiger partial charge in [-0.1, -0.05) is 12.1 Å². The van der Waals surface area contributed by atoms with Crippen LogP contribution in [0.5, 0.6) is 0 Å². The quantitative estimate of drug-likeness (QED) is 0.671. The standard InChI is InChI=1S/C15H13F3N2O/c16-11-7-13(18)14(8-12(11)17)20-15(21)5-4-9-2-1-3-10(19)6-9/h1-3,6-8H,4-5,19H2,(H,20,21). The molecule has 0 atom stereocenters. The van der Waals surface area contributed by atoms with Crippen molar-refractivity contribution in [3.05, 3.63) is 59.4 Å². The summed E-state index contributed by atoms with van der Waals surface area (Å²) in [5, 5.41) is 2.21. The smallest absolute Gasteiger partial charge is 0.224 e. The van der Waals surface area contributed by atoms with Crippen LogP contribution in [-0.4, -0.2) is 5.91 Å². The van der Waals surface area contributed by atoms with Crippen LogP contribution in [0, 0.1) is 17.5 Å². The van der Waals surface area contributed by atoms with Crippen LogP contribution in [0.2, 0.25) is 0 Å². The van der Waals surface area contributed by atoms with Crippen LogP contribution in [0.25, 0.3) is 0 Å². The number of amides is 1. The molecule has 3 N–H and O–H groups in total. The average Bonchev–Trinajstić information content (AvgIpc) is 2.43. The molecule has 0 bridgehead atoms. The van der Waals surface area contributed by atoms with E-state index in [9.17, 15) is 18.0 Å². The molecule has 0 aliphatic heterocycles. The van der Waals surface area contributed by atoms with E-state index in [2.05, 4.69) is 5.32 Å². The molecule has 0 saturated heterocycles. The Kier molecular flexibility index (Phi) is 4.47. The zero-order valence-corrected chi connectivity index (χ0v) is 11.0. The first-order chi connectivity index (χ1) is 9.95. The average molecular weight is 294 g/mol. The number of benzene rings is 2. The molecule has 110 valence electrons. The van der Waals surface area contributed by atoms with Gasteiger partial charge in [-0.05, 0) is 24.1 Å². The number of nitrogen functional groups attached to an aromatic ring is 1. The minimum Gasteiger partial charge on any atom is -0.399 e. The topological polar surface area (TPSA) is 55.1 Å². The van der Waals surface area contributed by atoms with Gasteiger partial charge in [0.1, 0.15) is 5.82 Å². The predicted molar refractivity (Wildman–Crippen MR) is 74.1 cm³/mol. The van der Waals surface area contributed by atoms with Crippen molar-refractivity contribution in [2.75, 3.05) is 11.1 Å². The zero-order chi connectivity index (χ0) is 15.4. The zero-order valence-electron chi connectivity index (χ0n) is 11.0. The van der Waals surface area contributed by atoms with Crippen molar-refractivity contribution in [3.8, 4) is 0 Å². The lowest BCUT2D eigenvalue weighted by Gasteiger charge is -2.07. The molecule has 21 heavy (non-hydrogen) atoms. The van der Waals surface area contributed by atoms with Gasteiger partial charge in [0.15, 0.2) is 11.6 Å². The van der Waals surface area contributed by atoms with Gasteiger partial charge in [0.2, 0.25) is 5.91 Å². The first-order valence-corrected chi connectivity index (χ1v) is 6.24. The van der Waals surface area contributed by atoms with E-state index in [-0.39, 0.29) is 12.1 Å². The van der Waals surface area contributed by atoms with Crippen molar-refractivity contribution >= 4 is 17.3 Å². The van der Waals surface area contributed by atoms with Crippen molar-refractivity contribution in [2.45, 2.75) is 12.8 Å².